The Hall–Kier alpha value is -3.61. The Kier molecular flexibility index (Phi) is 29.9. The number of hydrogen-bond acceptors (Lipinski definition) is 7. The average Bonchev–Trinajstić information content (AvgIpc) is 3.80. The van der Waals surface area contributed by atoms with Crippen LogP contribution >= 0.6 is 11.8 Å². The number of fused-ring (bicyclic) bond motifs is 1. The lowest BCUT2D eigenvalue weighted by Gasteiger charge is -2.31. The van der Waals surface area contributed by atoms with Crippen molar-refractivity contribution in [3.05, 3.63) is 30.3 Å². The van der Waals surface area contributed by atoms with Crippen molar-refractivity contribution in [2.75, 3.05) is 24.2 Å². The highest BCUT2D eigenvalue weighted by atomic mass is 32.2. The molecule has 70 heavy (non-hydrogen) atoms. The van der Waals surface area contributed by atoms with Gasteiger partial charge in [0.15, 0.2) is 0 Å². The second-order valence-corrected chi connectivity index (χ2v) is 25.9. The molecule has 2 aliphatic heterocycles. The highest BCUT2D eigenvalue weighted by molar-refractivity contribution is 8.00. The zero-order valence-electron chi connectivity index (χ0n) is 46.8. The van der Waals surface area contributed by atoms with E-state index in [1.807, 2.05) is 42.1 Å². The normalized spacial score (nSPS) is 18.0. The van der Waals surface area contributed by atoms with Gasteiger partial charge in [-0.3, -0.25) is 24.6 Å². The van der Waals surface area contributed by atoms with E-state index in [1.165, 1.54) is 0 Å². The maximum Gasteiger partial charge on any atom is 0.315 e. The van der Waals surface area contributed by atoms with Crippen LogP contribution in [0.15, 0.2) is 30.3 Å². The molecule has 13 heteroatoms. The fraction of sp³-hybridized carbons (Fsp3) is 0.789. The predicted octanol–water partition coefficient (Wildman–Crippen LogP) is 12.3. The van der Waals surface area contributed by atoms with Gasteiger partial charge in [-0.2, -0.15) is 11.8 Å². The maximum atomic E-state index is 12.6. The number of amidine groups is 1. The summed E-state index contributed by atoms with van der Waals surface area (Å²) < 4.78 is 0. The molecule has 3 rings (SSSR count). The summed E-state index contributed by atoms with van der Waals surface area (Å²) in [6.45, 7) is 33.6. The van der Waals surface area contributed by atoms with E-state index in [0.717, 1.165) is 95.0 Å². The SMILES string of the molecule is CC(C)C[C@@H](C(=O)NCCCCCC(=N)N)C(C)(C)C.CC(C)C[C@@H](C(=O)NCCCCCC(=O)CCCC[C@@H]1SC[C@@H]2NC(=O)N[C@@H]21)C(C)(C)C.CC(C)C[C@@H](C(=O)Nc1ccccc1)C(C)(C)C. The Balaban J connectivity index is 0.000000558. The molecule has 1 aromatic carbocycles. The van der Waals surface area contributed by atoms with Crippen LogP contribution in [0.2, 0.25) is 0 Å². The van der Waals surface area contributed by atoms with Gasteiger partial charge in [-0.15, -0.1) is 0 Å². The minimum atomic E-state index is -0.0374. The number of hydrogen-bond donors (Lipinski definition) is 7. The number of thioether (sulfide) groups is 1. The van der Waals surface area contributed by atoms with Gasteiger partial charge in [0.2, 0.25) is 17.7 Å². The number of nitrogens with one attached hydrogen (secondary N) is 6. The van der Waals surface area contributed by atoms with E-state index in [-0.39, 0.29) is 75.7 Å². The number of rotatable bonds is 27. The van der Waals surface area contributed by atoms with Crippen LogP contribution < -0.4 is 32.3 Å². The molecule has 0 aromatic heterocycles. The second kappa shape index (κ2) is 32.5. The van der Waals surface area contributed by atoms with Gasteiger partial charge in [0, 0.05) is 66.8 Å². The summed E-state index contributed by atoms with van der Waals surface area (Å²) in [5.41, 5.74) is 6.14. The summed E-state index contributed by atoms with van der Waals surface area (Å²) in [7, 11) is 0. The highest BCUT2D eigenvalue weighted by Crippen LogP contribution is 2.35. The van der Waals surface area contributed by atoms with Crippen molar-refractivity contribution in [3.8, 4) is 0 Å². The van der Waals surface area contributed by atoms with Crippen LogP contribution in [-0.4, -0.2) is 71.5 Å². The quantitative estimate of drug-likeness (QED) is 0.0197. The minimum absolute atomic E-state index is 0.00296. The first-order valence-corrected chi connectivity index (χ1v) is 28.0. The number of amides is 5. The topological polar surface area (TPSA) is 195 Å². The lowest BCUT2D eigenvalue weighted by atomic mass is 9.75. The minimum Gasteiger partial charge on any atom is -0.388 e. The molecule has 0 bridgehead atoms. The summed E-state index contributed by atoms with van der Waals surface area (Å²) in [5, 5.41) is 22.8. The summed E-state index contributed by atoms with van der Waals surface area (Å²) >= 11 is 1.93. The zero-order valence-corrected chi connectivity index (χ0v) is 47.7. The first-order chi connectivity index (χ1) is 32.5. The maximum absolute atomic E-state index is 12.6. The van der Waals surface area contributed by atoms with Crippen LogP contribution in [0.5, 0.6) is 0 Å². The number of anilines is 1. The summed E-state index contributed by atoms with van der Waals surface area (Å²) in [5.74, 6) is 3.77. The molecule has 12 nitrogen and oxygen atoms in total. The van der Waals surface area contributed by atoms with Gasteiger partial charge in [0.1, 0.15) is 5.78 Å². The molecule has 5 amide bonds. The third kappa shape index (κ3) is 27.8. The molecule has 1 aromatic rings. The Bertz CT molecular complexity index is 1700. The molecule has 402 valence electrons. The third-order valence-corrected chi connectivity index (χ3v) is 14.7. The first-order valence-electron chi connectivity index (χ1n) is 27.0. The van der Waals surface area contributed by atoms with E-state index in [1.54, 1.807) is 0 Å². The number of ketones is 1. The molecule has 0 unspecified atom stereocenters. The number of carbonyl (C=O) groups is 5. The van der Waals surface area contributed by atoms with Crippen LogP contribution in [0.3, 0.4) is 0 Å². The monoisotopic (exact) mass is 998 g/mol. The van der Waals surface area contributed by atoms with Crippen LogP contribution in [0.4, 0.5) is 10.5 Å². The molecule has 2 heterocycles. The van der Waals surface area contributed by atoms with Crippen molar-refractivity contribution in [1.82, 2.24) is 21.3 Å². The molecule has 8 N–H and O–H groups in total. The van der Waals surface area contributed by atoms with Gasteiger partial charge in [-0.05, 0) is 104 Å². The van der Waals surface area contributed by atoms with Gasteiger partial charge >= 0.3 is 6.03 Å². The lowest BCUT2D eigenvalue weighted by molar-refractivity contribution is -0.129. The van der Waals surface area contributed by atoms with Crippen molar-refractivity contribution >= 4 is 52.8 Å². The van der Waals surface area contributed by atoms with E-state index >= 15 is 0 Å². The Morgan fingerprint density at radius 1 is 0.629 bits per heavy atom. The molecule has 0 radical (unpaired) electrons. The van der Waals surface area contributed by atoms with Crippen molar-refractivity contribution in [2.45, 2.75) is 218 Å². The molecular weight excluding hydrogens is 895 g/mol. The van der Waals surface area contributed by atoms with Crippen molar-refractivity contribution in [2.24, 2.45) is 57.5 Å². The second-order valence-electron chi connectivity index (χ2n) is 24.6. The lowest BCUT2D eigenvalue weighted by Crippen LogP contribution is -2.39. The molecule has 2 saturated heterocycles. The Labute approximate surface area is 431 Å². The van der Waals surface area contributed by atoms with Crippen LogP contribution in [0.25, 0.3) is 0 Å². The number of carbonyl (C=O) groups excluding carboxylic acids is 5. The van der Waals surface area contributed by atoms with Gasteiger partial charge in [0.05, 0.1) is 17.9 Å². The smallest absolute Gasteiger partial charge is 0.315 e. The number of urea groups is 1. The Morgan fingerprint density at radius 2 is 1.06 bits per heavy atom. The molecule has 2 aliphatic rings. The predicted molar refractivity (Wildman–Crippen MR) is 296 cm³/mol. The number of benzene rings is 1. The largest absolute Gasteiger partial charge is 0.388 e. The Morgan fingerprint density at radius 3 is 1.49 bits per heavy atom. The molecule has 0 spiro atoms. The van der Waals surface area contributed by atoms with E-state index in [4.69, 9.17) is 11.1 Å². The molecule has 6 atom stereocenters. The van der Waals surface area contributed by atoms with E-state index < -0.39 is 0 Å². The van der Waals surface area contributed by atoms with Crippen LogP contribution in [0, 0.1) is 57.2 Å². The van der Waals surface area contributed by atoms with Crippen LogP contribution in [0.1, 0.15) is 200 Å². The van der Waals surface area contributed by atoms with Crippen molar-refractivity contribution in [3.63, 3.8) is 0 Å². The average molecular weight is 999 g/mol. The fourth-order valence-corrected chi connectivity index (χ4v) is 10.6. The van der Waals surface area contributed by atoms with E-state index in [2.05, 4.69) is 130 Å². The fourth-order valence-electron chi connectivity index (χ4n) is 9.07. The summed E-state index contributed by atoms with van der Waals surface area (Å²) in [4.78, 5) is 60.9. The summed E-state index contributed by atoms with van der Waals surface area (Å²) in [6, 6.07) is 10.2. The highest BCUT2D eigenvalue weighted by Gasteiger charge is 2.42. The third-order valence-electron chi connectivity index (χ3n) is 13.2. The van der Waals surface area contributed by atoms with Gasteiger partial charge in [-0.25, -0.2) is 4.79 Å². The van der Waals surface area contributed by atoms with Crippen LogP contribution in [-0.2, 0) is 19.2 Å². The number of para-hydroxylation sites is 1. The molecular formula is C57H103N7O5S. The molecule has 0 saturated carbocycles. The van der Waals surface area contributed by atoms with Gasteiger partial charge < -0.3 is 32.3 Å². The van der Waals surface area contributed by atoms with Crippen molar-refractivity contribution < 1.29 is 24.0 Å². The standard InChI is InChI=1S/C25H45N3O3S.C16H33N3O.C16H25NO/c1-17(2)15-19(25(3,4)5)23(30)26-14-10-6-7-11-18(29)12-8-9-13-21-22-20(16-32-21)27-24(31)28-22;1-12(2)11-13(16(3,4)5)15(20)19-10-8-6-7-9-14(17)18;1-12(2)11-14(16(3,4)5)15(18)17-13-9-7-6-8-10-13/h17,19-22H,6-16H2,1-5H3,(H,26,30)(H2,27,28,31);12-13H,6-11H2,1-5H3,(H3,17,18)(H,19,20);6-10,12,14H,11H2,1-5H3,(H,17,18)/t19-,20-,21-,22-;13-;14-/m000/s1. The number of unbranched alkanes of at least 4 members (excludes halogenated alkanes) is 5. The van der Waals surface area contributed by atoms with Crippen molar-refractivity contribution in [1.29, 1.82) is 5.41 Å². The number of nitrogens with two attached hydrogens (primary N) is 1. The van der Waals surface area contributed by atoms with Gasteiger partial charge in [0.25, 0.3) is 0 Å². The first kappa shape index (κ1) is 64.4. The summed E-state index contributed by atoms with van der Waals surface area (Å²) in [6.07, 6.45) is 13.5. The molecule has 2 fully saturated rings. The van der Waals surface area contributed by atoms with E-state index in [9.17, 15) is 24.0 Å². The molecule has 0 aliphatic carbocycles. The number of Topliss-reactive ketones (excluding diaryl/α,β-unsaturated/α-hetero) is 1. The van der Waals surface area contributed by atoms with E-state index in [0.29, 0.717) is 54.6 Å². The van der Waals surface area contributed by atoms with Gasteiger partial charge in [-0.1, -0.05) is 141 Å². The zero-order chi connectivity index (χ0) is 53.2.